The molecule has 1 heterocycles. The molecule has 0 bridgehead atoms. The van der Waals surface area contributed by atoms with Crippen molar-refractivity contribution in [1.29, 1.82) is 0 Å². The van der Waals surface area contributed by atoms with E-state index >= 15 is 0 Å². The number of methoxy groups -OCH3 is 1. The second kappa shape index (κ2) is 7.39. The van der Waals surface area contributed by atoms with E-state index in [0.717, 1.165) is 35.1 Å². The number of hydrogen-bond acceptors (Lipinski definition) is 3. The number of halogens is 1. The van der Waals surface area contributed by atoms with Gasteiger partial charge in [-0.3, -0.25) is 0 Å². The number of rotatable bonds is 6. The van der Waals surface area contributed by atoms with Crippen molar-refractivity contribution in [1.82, 2.24) is 10.3 Å². The van der Waals surface area contributed by atoms with Crippen LogP contribution in [-0.4, -0.2) is 31.8 Å². The van der Waals surface area contributed by atoms with Crippen molar-refractivity contribution in [2.24, 2.45) is 0 Å². The molecule has 3 nitrogen and oxygen atoms in total. The van der Waals surface area contributed by atoms with Crippen molar-refractivity contribution >= 4 is 28.6 Å². The minimum atomic E-state index is 0.542. The number of fused-ring (bicyclic) bond motifs is 1. The second-order valence-electron chi connectivity index (χ2n) is 4.61. The Balaban J connectivity index is 2.10. The summed E-state index contributed by atoms with van der Waals surface area (Å²) in [5.41, 5.74) is 3.05. The van der Waals surface area contributed by atoms with Gasteiger partial charge in [0.2, 0.25) is 0 Å². The number of pyridine rings is 1. The Morgan fingerprint density at radius 1 is 1.40 bits per heavy atom. The summed E-state index contributed by atoms with van der Waals surface area (Å²) < 4.78 is 4.97. The van der Waals surface area contributed by atoms with Crippen LogP contribution < -0.4 is 5.32 Å². The van der Waals surface area contributed by atoms with E-state index in [4.69, 9.17) is 16.3 Å². The van der Waals surface area contributed by atoms with Crippen LogP contribution in [0.1, 0.15) is 11.1 Å². The first-order valence-corrected chi connectivity index (χ1v) is 7.02. The van der Waals surface area contributed by atoms with Gasteiger partial charge in [0.1, 0.15) is 5.15 Å². The molecular formula is C16H19ClN2O. The average molecular weight is 291 g/mol. The zero-order valence-electron chi connectivity index (χ0n) is 11.8. The Kier molecular flexibility index (Phi) is 5.53. The van der Waals surface area contributed by atoms with Crippen LogP contribution in [0.15, 0.2) is 30.3 Å². The molecule has 0 saturated heterocycles. The first-order valence-electron chi connectivity index (χ1n) is 6.64. The Bertz CT molecular complexity index is 611. The molecule has 4 heteroatoms. The molecule has 2 aromatic rings. The van der Waals surface area contributed by atoms with E-state index in [1.54, 1.807) is 7.11 Å². The molecule has 0 saturated carbocycles. The van der Waals surface area contributed by atoms with Crippen LogP contribution in [0.5, 0.6) is 0 Å². The molecule has 1 aromatic carbocycles. The van der Waals surface area contributed by atoms with E-state index in [0.29, 0.717) is 11.8 Å². The Morgan fingerprint density at radius 3 is 3.05 bits per heavy atom. The third-order valence-electron chi connectivity index (χ3n) is 3.07. The zero-order chi connectivity index (χ0) is 14.4. The fraction of sp³-hybridized carbons (Fsp3) is 0.312. The Morgan fingerprint density at radius 2 is 2.25 bits per heavy atom. The minimum Gasteiger partial charge on any atom is -0.383 e. The average Bonchev–Trinajstić information content (AvgIpc) is 2.44. The smallest absolute Gasteiger partial charge is 0.136 e. The lowest BCUT2D eigenvalue weighted by molar-refractivity contribution is 0.200. The van der Waals surface area contributed by atoms with Gasteiger partial charge in [-0.2, -0.15) is 0 Å². The highest BCUT2D eigenvalue weighted by Gasteiger charge is 2.04. The maximum Gasteiger partial charge on any atom is 0.136 e. The molecule has 0 aliphatic rings. The van der Waals surface area contributed by atoms with Crippen LogP contribution in [0.2, 0.25) is 5.15 Å². The molecular weight excluding hydrogens is 272 g/mol. The summed E-state index contributed by atoms with van der Waals surface area (Å²) in [5.74, 6) is 0. The molecule has 20 heavy (non-hydrogen) atoms. The summed E-state index contributed by atoms with van der Waals surface area (Å²) in [5, 5.41) is 4.90. The third-order valence-corrected chi connectivity index (χ3v) is 3.37. The number of nitrogens with one attached hydrogen (secondary N) is 1. The molecule has 0 atom stereocenters. The summed E-state index contributed by atoms with van der Waals surface area (Å²) in [6, 6.07) is 8.21. The van der Waals surface area contributed by atoms with Gasteiger partial charge in [-0.15, -0.1) is 0 Å². The predicted molar refractivity (Wildman–Crippen MR) is 85.3 cm³/mol. The van der Waals surface area contributed by atoms with Gasteiger partial charge in [0.15, 0.2) is 0 Å². The highest BCUT2D eigenvalue weighted by molar-refractivity contribution is 6.31. The van der Waals surface area contributed by atoms with E-state index in [-0.39, 0.29) is 0 Å². The molecule has 0 unspecified atom stereocenters. The highest BCUT2D eigenvalue weighted by atomic mass is 35.5. The Hall–Kier alpha value is -1.42. The molecule has 0 fully saturated rings. The lowest BCUT2D eigenvalue weighted by Crippen LogP contribution is -2.18. The number of ether oxygens (including phenoxy) is 1. The molecule has 1 N–H and O–H groups in total. The predicted octanol–water partition coefficient (Wildman–Crippen LogP) is 3.45. The summed E-state index contributed by atoms with van der Waals surface area (Å²) in [6.07, 6.45) is 4.04. The fourth-order valence-corrected chi connectivity index (χ4v) is 2.21. The molecule has 2 rings (SSSR count). The minimum absolute atomic E-state index is 0.542. The van der Waals surface area contributed by atoms with Crippen molar-refractivity contribution in [3.05, 3.63) is 46.6 Å². The summed E-state index contributed by atoms with van der Waals surface area (Å²) in [6.45, 7) is 4.38. The van der Waals surface area contributed by atoms with E-state index in [9.17, 15) is 0 Å². The van der Waals surface area contributed by atoms with Crippen molar-refractivity contribution < 1.29 is 4.74 Å². The van der Waals surface area contributed by atoms with Crippen LogP contribution in [0.25, 0.3) is 17.0 Å². The maximum atomic E-state index is 6.23. The number of aryl methyl sites for hydroxylation is 1. The second-order valence-corrected chi connectivity index (χ2v) is 4.97. The monoisotopic (exact) mass is 290 g/mol. The lowest BCUT2D eigenvalue weighted by Gasteiger charge is -2.05. The largest absolute Gasteiger partial charge is 0.383 e. The molecule has 0 radical (unpaired) electrons. The van der Waals surface area contributed by atoms with Crippen LogP contribution in [0, 0.1) is 6.92 Å². The molecule has 0 aliphatic carbocycles. The van der Waals surface area contributed by atoms with E-state index in [1.807, 2.05) is 31.2 Å². The normalized spacial score (nSPS) is 11.6. The quantitative estimate of drug-likeness (QED) is 0.654. The van der Waals surface area contributed by atoms with Gasteiger partial charge in [0.05, 0.1) is 12.1 Å². The first kappa shape index (κ1) is 15.0. The standard InChI is InChI=1S/C16H19ClN2O/c1-12-5-3-6-13-11-14(16(17)19-15(12)13)7-4-8-18-9-10-20-2/h3-7,11,18H,8-10H2,1-2H3. The van der Waals surface area contributed by atoms with Gasteiger partial charge in [0, 0.05) is 31.1 Å². The number of aromatic nitrogens is 1. The van der Waals surface area contributed by atoms with Crippen molar-refractivity contribution in [3.8, 4) is 0 Å². The van der Waals surface area contributed by atoms with Gasteiger partial charge >= 0.3 is 0 Å². The number of hydrogen-bond donors (Lipinski definition) is 1. The number of para-hydroxylation sites is 1. The van der Waals surface area contributed by atoms with Crippen molar-refractivity contribution in [2.75, 3.05) is 26.8 Å². The number of nitrogens with zero attached hydrogens (tertiary/aromatic N) is 1. The topological polar surface area (TPSA) is 34.1 Å². The maximum absolute atomic E-state index is 6.23. The SMILES string of the molecule is COCCNCC=Cc1cc2cccc(C)c2nc1Cl. The molecule has 0 spiro atoms. The lowest BCUT2D eigenvalue weighted by atomic mass is 10.1. The third kappa shape index (κ3) is 3.79. The van der Waals surface area contributed by atoms with E-state index < -0.39 is 0 Å². The van der Waals surface area contributed by atoms with Gasteiger partial charge in [-0.1, -0.05) is 42.0 Å². The van der Waals surface area contributed by atoms with Crippen LogP contribution in [-0.2, 0) is 4.74 Å². The molecule has 1 aromatic heterocycles. The number of benzene rings is 1. The summed E-state index contributed by atoms with van der Waals surface area (Å²) >= 11 is 6.23. The van der Waals surface area contributed by atoms with Gasteiger partial charge in [-0.05, 0) is 18.6 Å². The summed E-state index contributed by atoms with van der Waals surface area (Å²) in [7, 11) is 1.69. The van der Waals surface area contributed by atoms with E-state index in [2.05, 4.69) is 22.4 Å². The molecule has 0 amide bonds. The van der Waals surface area contributed by atoms with Gasteiger partial charge in [0.25, 0.3) is 0 Å². The zero-order valence-corrected chi connectivity index (χ0v) is 12.6. The van der Waals surface area contributed by atoms with Crippen molar-refractivity contribution in [3.63, 3.8) is 0 Å². The highest BCUT2D eigenvalue weighted by Crippen LogP contribution is 2.23. The first-order chi connectivity index (χ1) is 9.72. The van der Waals surface area contributed by atoms with Crippen LogP contribution in [0.4, 0.5) is 0 Å². The van der Waals surface area contributed by atoms with Gasteiger partial charge in [-0.25, -0.2) is 4.98 Å². The summed E-state index contributed by atoms with van der Waals surface area (Å²) in [4.78, 5) is 4.48. The molecule has 0 aliphatic heterocycles. The van der Waals surface area contributed by atoms with E-state index in [1.165, 1.54) is 0 Å². The van der Waals surface area contributed by atoms with Crippen LogP contribution >= 0.6 is 11.6 Å². The molecule has 106 valence electrons. The van der Waals surface area contributed by atoms with Gasteiger partial charge < -0.3 is 10.1 Å². The fourth-order valence-electron chi connectivity index (χ4n) is 2.00. The van der Waals surface area contributed by atoms with Crippen molar-refractivity contribution in [2.45, 2.75) is 6.92 Å². The van der Waals surface area contributed by atoms with Crippen LogP contribution in [0.3, 0.4) is 0 Å². The Labute approximate surface area is 124 Å².